The summed E-state index contributed by atoms with van der Waals surface area (Å²) in [5, 5.41) is 12.2. The average molecular weight is 249 g/mol. The van der Waals surface area contributed by atoms with Crippen LogP contribution in [0.2, 0.25) is 0 Å². The van der Waals surface area contributed by atoms with Crippen molar-refractivity contribution in [2.75, 3.05) is 0 Å². The summed E-state index contributed by atoms with van der Waals surface area (Å²) in [6, 6.07) is 6.14. The topological polar surface area (TPSA) is 49.3 Å². The van der Waals surface area contributed by atoms with Crippen LogP contribution >= 0.6 is 0 Å². The van der Waals surface area contributed by atoms with Gasteiger partial charge in [0.15, 0.2) is 0 Å². The van der Waals surface area contributed by atoms with Crippen LogP contribution in [0.4, 0.5) is 0 Å². The number of carbonyl (C=O) groups excluding carboxylic acids is 1. The second-order valence-electron chi connectivity index (χ2n) is 5.16. The van der Waals surface area contributed by atoms with E-state index >= 15 is 0 Å². The van der Waals surface area contributed by atoms with Gasteiger partial charge in [-0.15, -0.1) is 0 Å². The molecule has 0 aliphatic heterocycles. The van der Waals surface area contributed by atoms with Crippen molar-refractivity contribution in [1.29, 1.82) is 0 Å². The van der Waals surface area contributed by atoms with Crippen LogP contribution in [0, 0.1) is 13.8 Å². The monoisotopic (exact) mass is 249 g/mol. The fraction of sp³-hybridized carbons (Fsp3) is 0.533. The van der Waals surface area contributed by atoms with E-state index in [-0.39, 0.29) is 18.1 Å². The summed E-state index contributed by atoms with van der Waals surface area (Å²) in [5.74, 6) is 0.0110. The summed E-state index contributed by atoms with van der Waals surface area (Å²) >= 11 is 0. The fourth-order valence-electron chi connectivity index (χ4n) is 2.06. The van der Waals surface area contributed by atoms with Crippen molar-refractivity contribution in [3.05, 3.63) is 34.9 Å². The molecule has 3 heteroatoms. The molecule has 100 valence electrons. The number of aliphatic hydroxyl groups excluding tert-OH is 1. The van der Waals surface area contributed by atoms with Crippen molar-refractivity contribution >= 4 is 5.91 Å². The van der Waals surface area contributed by atoms with Gasteiger partial charge in [0.2, 0.25) is 5.91 Å². The highest BCUT2D eigenvalue weighted by Crippen LogP contribution is 2.11. The summed E-state index contributed by atoms with van der Waals surface area (Å²) in [5.41, 5.74) is 3.37. The van der Waals surface area contributed by atoms with Crippen LogP contribution in [-0.2, 0) is 11.2 Å². The minimum atomic E-state index is -0.388. The Bertz CT molecular complexity index is 413. The predicted molar refractivity (Wildman–Crippen MR) is 73.5 cm³/mol. The highest BCUT2D eigenvalue weighted by Gasteiger charge is 2.11. The van der Waals surface area contributed by atoms with Crippen LogP contribution in [-0.4, -0.2) is 23.2 Å². The molecule has 0 spiro atoms. The van der Waals surface area contributed by atoms with E-state index in [1.54, 1.807) is 6.92 Å². The molecule has 1 aromatic carbocycles. The van der Waals surface area contributed by atoms with Gasteiger partial charge in [-0.1, -0.05) is 23.8 Å². The number of rotatable bonds is 5. The number of aryl methyl sites for hydroxylation is 2. The van der Waals surface area contributed by atoms with Crippen LogP contribution in [0.15, 0.2) is 18.2 Å². The number of hydrogen-bond acceptors (Lipinski definition) is 2. The lowest BCUT2D eigenvalue weighted by Gasteiger charge is -2.16. The van der Waals surface area contributed by atoms with Gasteiger partial charge in [0.05, 0.1) is 12.5 Å². The quantitative estimate of drug-likeness (QED) is 0.840. The molecule has 3 nitrogen and oxygen atoms in total. The normalized spacial score (nSPS) is 14.1. The average Bonchev–Trinajstić information content (AvgIpc) is 2.21. The van der Waals surface area contributed by atoms with E-state index in [9.17, 15) is 9.90 Å². The zero-order valence-corrected chi connectivity index (χ0v) is 11.7. The summed E-state index contributed by atoms with van der Waals surface area (Å²) in [6.45, 7) is 7.68. The lowest BCUT2D eigenvalue weighted by atomic mass is 10.0. The maximum Gasteiger partial charge on any atom is 0.224 e. The standard InChI is InChI=1S/C15H23NO2/c1-10-5-6-11(2)14(7-10)9-15(18)16-12(3)8-13(4)17/h5-7,12-13,17H,8-9H2,1-4H3,(H,16,18). The first-order valence-corrected chi connectivity index (χ1v) is 6.42. The smallest absolute Gasteiger partial charge is 0.224 e. The second-order valence-corrected chi connectivity index (χ2v) is 5.16. The number of nitrogens with one attached hydrogen (secondary N) is 1. The molecule has 1 rings (SSSR count). The van der Waals surface area contributed by atoms with Gasteiger partial charge in [-0.25, -0.2) is 0 Å². The van der Waals surface area contributed by atoms with E-state index in [4.69, 9.17) is 0 Å². The van der Waals surface area contributed by atoms with E-state index in [1.165, 1.54) is 5.56 Å². The second kappa shape index (κ2) is 6.55. The van der Waals surface area contributed by atoms with Gasteiger partial charge in [0.1, 0.15) is 0 Å². The Morgan fingerprint density at radius 1 is 1.33 bits per heavy atom. The molecule has 0 radical (unpaired) electrons. The molecule has 0 aliphatic carbocycles. The van der Waals surface area contributed by atoms with Gasteiger partial charge in [-0.05, 0) is 45.2 Å². The molecule has 2 atom stereocenters. The van der Waals surface area contributed by atoms with E-state index in [1.807, 2.05) is 39.0 Å². The molecular weight excluding hydrogens is 226 g/mol. The van der Waals surface area contributed by atoms with E-state index in [0.717, 1.165) is 11.1 Å². The fourth-order valence-corrected chi connectivity index (χ4v) is 2.06. The minimum Gasteiger partial charge on any atom is -0.393 e. The molecule has 0 saturated carbocycles. The van der Waals surface area contributed by atoms with Crippen LogP contribution in [0.25, 0.3) is 0 Å². The molecule has 18 heavy (non-hydrogen) atoms. The number of amides is 1. The van der Waals surface area contributed by atoms with Gasteiger partial charge < -0.3 is 10.4 Å². The molecule has 0 aliphatic rings. The number of hydrogen-bond donors (Lipinski definition) is 2. The first-order valence-electron chi connectivity index (χ1n) is 6.42. The maximum atomic E-state index is 11.9. The highest BCUT2D eigenvalue weighted by molar-refractivity contribution is 5.79. The first-order chi connectivity index (χ1) is 8.38. The van der Waals surface area contributed by atoms with Crippen LogP contribution in [0.1, 0.15) is 37.0 Å². The molecule has 0 aromatic heterocycles. The summed E-state index contributed by atoms with van der Waals surface area (Å²) in [7, 11) is 0. The first kappa shape index (κ1) is 14.7. The minimum absolute atomic E-state index is 0.00242. The number of carbonyl (C=O) groups is 1. The lowest BCUT2D eigenvalue weighted by molar-refractivity contribution is -0.121. The van der Waals surface area contributed by atoms with Crippen molar-refractivity contribution in [1.82, 2.24) is 5.32 Å². The molecule has 1 aromatic rings. The number of benzene rings is 1. The molecular formula is C15H23NO2. The number of aliphatic hydroxyl groups is 1. The summed E-state index contributed by atoms with van der Waals surface area (Å²) in [6.07, 6.45) is 0.594. The van der Waals surface area contributed by atoms with Gasteiger partial charge in [-0.3, -0.25) is 4.79 Å². The van der Waals surface area contributed by atoms with Crippen LogP contribution < -0.4 is 5.32 Å². The van der Waals surface area contributed by atoms with Crippen molar-refractivity contribution in [3.63, 3.8) is 0 Å². The third-order valence-corrected chi connectivity index (χ3v) is 2.96. The Morgan fingerprint density at radius 2 is 2.00 bits per heavy atom. The van der Waals surface area contributed by atoms with E-state index in [0.29, 0.717) is 12.8 Å². The van der Waals surface area contributed by atoms with Gasteiger partial charge in [0, 0.05) is 6.04 Å². The summed E-state index contributed by atoms with van der Waals surface area (Å²) in [4.78, 5) is 11.9. The van der Waals surface area contributed by atoms with Crippen LogP contribution in [0.5, 0.6) is 0 Å². The lowest BCUT2D eigenvalue weighted by Crippen LogP contribution is -2.35. The Labute approximate surface area is 109 Å². The van der Waals surface area contributed by atoms with Gasteiger partial charge in [-0.2, -0.15) is 0 Å². The van der Waals surface area contributed by atoms with Crippen molar-refractivity contribution in [2.45, 2.75) is 52.7 Å². The Hall–Kier alpha value is -1.35. The van der Waals surface area contributed by atoms with Gasteiger partial charge >= 0.3 is 0 Å². The zero-order valence-electron chi connectivity index (χ0n) is 11.7. The Balaban J connectivity index is 2.56. The van der Waals surface area contributed by atoms with Crippen molar-refractivity contribution in [3.8, 4) is 0 Å². The third-order valence-electron chi connectivity index (χ3n) is 2.96. The SMILES string of the molecule is Cc1ccc(C)c(CC(=O)NC(C)CC(C)O)c1. The zero-order chi connectivity index (χ0) is 13.7. The maximum absolute atomic E-state index is 11.9. The van der Waals surface area contributed by atoms with E-state index in [2.05, 4.69) is 5.32 Å². The van der Waals surface area contributed by atoms with Crippen LogP contribution in [0.3, 0.4) is 0 Å². The van der Waals surface area contributed by atoms with Gasteiger partial charge in [0.25, 0.3) is 0 Å². The highest BCUT2D eigenvalue weighted by atomic mass is 16.3. The molecule has 0 bridgehead atoms. The Morgan fingerprint density at radius 3 is 2.61 bits per heavy atom. The predicted octanol–water partition coefficient (Wildman–Crippen LogP) is 2.12. The third kappa shape index (κ3) is 4.88. The molecule has 2 unspecified atom stereocenters. The molecule has 0 fully saturated rings. The van der Waals surface area contributed by atoms with Crippen molar-refractivity contribution < 1.29 is 9.90 Å². The largest absolute Gasteiger partial charge is 0.393 e. The molecule has 1 amide bonds. The Kier molecular flexibility index (Phi) is 5.35. The molecule has 0 saturated heterocycles. The van der Waals surface area contributed by atoms with E-state index < -0.39 is 0 Å². The van der Waals surface area contributed by atoms with Crippen molar-refractivity contribution in [2.24, 2.45) is 0 Å². The summed E-state index contributed by atoms with van der Waals surface area (Å²) < 4.78 is 0. The molecule has 0 heterocycles. The molecule has 2 N–H and O–H groups in total.